The van der Waals surface area contributed by atoms with Crippen molar-refractivity contribution in [2.24, 2.45) is 26.5 Å². The fraction of sp³-hybridized carbons (Fsp3) is 0.529. The van der Waals surface area contributed by atoms with Gasteiger partial charge in [-0.2, -0.15) is 8.73 Å². The number of rotatable bonds is 5. The molecule has 126 valence electrons. The van der Waals surface area contributed by atoms with E-state index < -0.39 is 0 Å². The highest BCUT2D eigenvalue weighted by Crippen LogP contribution is 2.49. The molecule has 1 N–H and O–H groups in total. The van der Waals surface area contributed by atoms with E-state index in [1.807, 2.05) is 6.07 Å². The summed E-state index contributed by atoms with van der Waals surface area (Å²) >= 11 is 1.10. The zero-order valence-corrected chi connectivity index (χ0v) is 14.1. The smallest absolute Gasteiger partial charge is 0.306 e. The van der Waals surface area contributed by atoms with Crippen molar-refractivity contribution in [3.05, 3.63) is 18.2 Å². The number of esters is 1. The van der Waals surface area contributed by atoms with Crippen molar-refractivity contribution in [1.82, 2.24) is 0 Å². The molecule has 2 aliphatic carbocycles. The van der Waals surface area contributed by atoms with Crippen LogP contribution in [0.3, 0.4) is 0 Å². The number of nitrogens with one attached hydrogen (secondary N) is 1. The summed E-state index contributed by atoms with van der Waals surface area (Å²) in [6.45, 7) is -0.256. The van der Waals surface area contributed by atoms with E-state index in [0.717, 1.165) is 29.4 Å². The molecule has 2 bridgehead atoms. The molecule has 2 saturated carbocycles. The van der Waals surface area contributed by atoms with Gasteiger partial charge in [-0.05, 0) is 49.1 Å². The number of nitrogens with zero attached hydrogens (tertiary/aromatic N) is 2. The summed E-state index contributed by atoms with van der Waals surface area (Å²) in [5, 5.41) is 2.74. The van der Waals surface area contributed by atoms with Crippen molar-refractivity contribution in [1.29, 1.82) is 0 Å². The minimum absolute atomic E-state index is 0.256. The van der Waals surface area contributed by atoms with Crippen LogP contribution in [0.25, 0.3) is 0 Å². The van der Waals surface area contributed by atoms with Gasteiger partial charge in [0.25, 0.3) is 5.91 Å². The molecule has 1 amide bonds. The number of carbonyl (C=O) groups is 2. The van der Waals surface area contributed by atoms with Crippen LogP contribution in [0.4, 0.5) is 17.1 Å². The molecule has 1 aromatic rings. The minimum atomic E-state index is -0.350. The maximum absolute atomic E-state index is 12.0. The Hall–Kier alpha value is -2.02. The summed E-state index contributed by atoms with van der Waals surface area (Å²) < 4.78 is 13.5. The van der Waals surface area contributed by atoms with Gasteiger partial charge in [-0.3, -0.25) is 9.59 Å². The summed E-state index contributed by atoms with van der Waals surface area (Å²) in [6, 6.07) is 5.41. The number of benzene rings is 1. The zero-order chi connectivity index (χ0) is 16.5. The third-order valence-corrected chi connectivity index (χ3v) is 5.78. The topological polar surface area (TPSA) is 80.1 Å². The third kappa shape index (κ3) is 3.13. The average molecular weight is 345 g/mol. The maximum atomic E-state index is 12.0. The summed E-state index contributed by atoms with van der Waals surface area (Å²) in [5.74, 6) is 1.33. The second-order valence-electron chi connectivity index (χ2n) is 6.79. The molecular weight excluding hydrogens is 326 g/mol. The van der Waals surface area contributed by atoms with Crippen molar-refractivity contribution >= 4 is 40.3 Å². The summed E-state index contributed by atoms with van der Waals surface area (Å²) in [5.41, 5.74) is 1.99. The molecule has 0 saturated heterocycles. The lowest BCUT2D eigenvalue weighted by Crippen LogP contribution is -2.23. The molecule has 6 nitrogen and oxygen atoms in total. The van der Waals surface area contributed by atoms with Crippen molar-refractivity contribution < 1.29 is 14.3 Å². The lowest BCUT2D eigenvalue weighted by Gasteiger charge is -2.20. The van der Waals surface area contributed by atoms with Crippen LogP contribution in [0.1, 0.15) is 32.1 Å². The largest absolute Gasteiger partial charge is 0.456 e. The van der Waals surface area contributed by atoms with E-state index in [0.29, 0.717) is 29.6 Å². The van der Waals surface area contributed by atoms with Gasteiger partial charge in [-0.15, -0.1) is 0 Å². The standard InChI is InChI=1S/C17H19N3O3S/c21-15(18-13-2-1-3-14-17(13)20-24-19-14)9-23-16(22)8-12-7-10-4-5-11(12)6-10/h1-3,10-12H,4-9H2,(H,18,21)/t10-,11-,12-/m1/s1. The first-order valence-electron chi connectivity index (χ1n) is 8.36. The van der Waals surface area contributed by atoms with Gasteiger partial charge in [-0.25, -0.2) is 0 Å². The van der Waals surface area contributed by atoms with E-state index in [2.05, 4.69) is 14.0 Å². The fourth-order valence-electron chi connectivity index (χ4n) is 4.14. The number of anilines is 1. The Morgan fingerprint density at radius 3 is 2.96 bits per heavy atom. The Labute approximate surface area is 143 Å². The van der Waals surface area contributed by atoms with Crippen LogP contribution in [0.5, 0.6) is 0 Å². The van der Waals surface area contributed by atoms with Gasteiger partial charge in [0, 0.05) is 6.42 Å². The molecule has 4 rings (SSSR count). The van der Waals surface area contributed by atoms with Gasteiger partial charge in [0.15, 0.2) is 6.61 Å². The average Bonchev–Trinajstić information content (AvgIpc) is 3.29. The molecule has 3 atom stereocenters. The first-order chi connectivity index (χ1) is 11.7. The summed E-state index contributed by atoms with van der Waals surface area (Å²) in [7, 11) is 0. The second-order valence-corrected chi connectivity index (χ2v) is 7.31. The molecule has 1 aliphatic heterocycles. The molecule has 3 aliphatic rings. The zero-order valence-electron chi connectivity index (χ0n) is 13.2. The van der Waals surface area contributed by atoms with E-state index in [-0.39, 0.29) is 18.5 Å². The number of ether oxygens (including phenoxy) is 1. The van der Waals surface area contributed by atoms with Crippen LogP contribution in [0, 0.1) is 17.8 Å². The Morgan fingerprint density at radius 1 is 1.25 bits per heavy atom. The highest BCUT2D eigenvalue weighted by Gasteiger charge is 2.40. The number of amides is 1. The highest BCUT2D eigenvalue weighted by molar-refractivity contribution is 7.58. The van der Waals surface area contributed by atoms with Crippen LogP contribution in [-0.4, -0.2) is 18.5 Å². The Kier molecular flexibility index (Phi) is 4.18. The molecule has 1 heterocycles. The Morgan fingerprint density at radius 2 is 2.17 bits per heavy atom. The Bertz CT molecular complexity index is 757. The van der Waals surface area contributed by atoms with Crippen molar-refractivity contribution in [3.8, 4) is 0 Å². The predicted molar refractivity (Wildman–Crippen MR) is 91.1 cm³/mol. The molecule has 7 heteroatoms. The van der Waals surface area contributed by atoms with E-state index in [1.54, 1.807) is 12.1 Å². The number of fused-ring (bicyclic) bond motifs is 3. The number of carbonyl (C=O) groups excluding carboxylic acids is 2. The molecule has 1 aromatic carbocycles. The molecular formula is C17H19N3O3S. The maximum Gasteiger partial charge on any atom is 0.306 e. The van der Waals surface area contributed by atoms with Crippen LogP contribution in [0.15, 0.2) is 26.9 Å². The molecule has 0 aromatic heterocycles. The van der Waals surface area contributed by atoms with Crippen LogP contribution >= 0.6 is 0 Å². The van der Waals surface area contributed by atoms with E-state index in [9.17, 15) is 9.59 Å². The van der Waals surface area contributed by atoms with Gasteiger partial charge < -0.3 is 10.1 Å². The van der Waals surface area contributed by atoms with Gasteiger partial charge in [-0.1, -0.05) is 12.5 Å². The number of hydrogen-bond acceptors (Lipinski definition) is 5. The minimum Gasteiger partial charge on any atom is -0.456 e. The predicted octanol–water partition coefficient (Wildman–Crippen LogP) is 3.72. The SMILES string of the molecule is O=C(COC(=O)C[C@H]1C[C@@H]2CC[C@@H]1C2)Nc1cccc2c1N=S=N2. The van der Waals surface area contributed by atoms with Crippen LogP contribution in [-0.2, 0) is 25.7 Å². The van der Waals surface area contributed by atoms with Gasteiger partial charge in [0.1, 0.15) is 11.4 Å². The molecule has 0 radical (unpaired) electrons. The summed E-state index contributed by atoms with van der Waals surface area (Å²) in [6.07, 6.45) is 5.42. The second kappa shape index (κ2) is 6.47. The van der Waals surface area contributed by atoms with Gasteiger partial charge in [0.05, 0.1) is 17.0 Å². The lowest BCUT2D eigenvalue weighted by atomic mass is 9.86. The quantitative estimate of drug-likeness (QED) is 0.839. The van der Waals surface area contributed by atoms with Crippen molar-refractivity contribution in [2.45, 2.75) is 32.1 Å². The van der Waals surface area contributed by atoms with E-state index in [1.165, 1.54) is 19.3 Å². The van der Waals surface area contributed by atoms with E-state index in [4.69, 9.17) is 4.74 Å². The molecule has 0 spiro atoms. The summed E-state index contributed by atoms with van der Waals surface area (Å²) in [4.78, 5) is 24.0. The van der Waals surface area contributed by atoms with Gasteiger partial charge >= 0.3 is 5.97 Å². The number of hydrogen-bond donors (Lipinski definition) is 1. The van der Waals surface area contributed by atoms with Crippen LogP contribution in [0.2, 0.25) is 0 Å². The van der Waals surface area contributed by atoms with E-state index >= 15 is 0 Å². The van der Waals surface area contributed by atoms with Crippen molar-refractivity contribution in [3.63, 3.8) is 0 Å². The third-order valence-electron chi connectivity index (χ3n) is 5.24. The fourth-order valence-corrected chi connectivity index (χ4v) is 4.69. The molecule has 2 fully saturated rings. The highest BCUT2D eigenvalue weighted by atomic mass is 32.1. The first-order valence-corrected chi connectivity index (χ1v) is 9.09. The van der Waals surface area contributed by atoms with Gasteiger partial charge in [0.2, 0.25) is 0 Å². The molecule has 24 heavy (non-hydrogen) atoms. The Balaban J connectivity index is 1.26. The lowest BCUT2D eigenvalue weighted by molar-refractivity contribution is -0.148. The monoisotopic (exact) mass is 345 g/mol. The van der Waals surface area contributed by atoms with Crippen molar-refractivity contribution in [2.75, 3.05) is 11.9 Å². The van der Waals surface area contributed by atoms with Crippen LogP contribution < -0.4 is 5.32 Å². The molecule has 0 unspecified atom stereocenters. The first kappa shape index (κ1) is 15.5. The normalized spacial score (nSPS) is 26.1.